The molecule has 2 heterocycles. The van der Waals surface area contributed by atoms with E-state index in [-0.39, 0.29) is 28.5 Å². The third-order valence-corrected chi connectivity index (χ3v) is 6.61. The maximum atomic E-state index is 12.5. The second kappa shape index (κ2) is 6.38. The number of carbonyl (C=O) groups excluding carboxylic acids is 1. The molecule has 0 saturated carbocycles. The fourth-order valence-electron chi connectivity index (χ4n) is 2.77. The van der Waals surface area contributed by atoms with Crippen molar-refractivity contribution in [2.24, 2.45) is 0 Å². The molecule has 1 N–H and O–H groups in total. The van der Waals surface area contributed by atoms with Crippen molar-refractivity contribution in [2.45, 2.75) is 19.4 Å². The molecule has 0 aliphatic carbocycles. The first-order valence-corrected chi connectivity index (χ1v) is 9.86. The number of aromatic nitrogens is 2. The molecule has 1 saturated heterocycles. The van der Waals surface area contributed by atoms with Gasteiger partial charge in [0.2, 0.25) is 0 Å². The van der Waals surface area contributed by atoms with Gasteiger partial charge >= 0.3 is 0 Å². The molecule has 3 rings (SSSR count). The van der Waals surface area contributed by atoms with Crippen LogP contribution in [0, 0.1) is 6.92 Å². The first-order valence-electron chi connectivity index (χ1n) is 7.28. The van der Waals surface area contributed by atoms with Gasteiger partial charge in [0.05, 0.1) is 45.0 Å². The number of carbonyl (C=O) groups is 1. The molecule has 0 bridgehead atoms. The molecule has 1 unspecified atom stereocenters. The molecule has 0 radical (unpaired) electrons. The predicted octanol–water partition coefficient (Wildman–Crippen LogP) is 3.11. The third kappa shape index (κ3) is 3.29. The molecule has 1 aromatic heterocycles. The quantitative estimate of drug-likeness (QED) is 0.876. The lowest BCUT2D eigenvalue weighted by Gasteiger charge is -2.12. The summed E-state index contributed by atoms with van der Waals surface area (Å²) in [6.07, 6.45) is 1.94. The van der Waals surface area contributed by atoms with Crippen LogP contribution in [0.2, 0.25) is 10.0 Å². The normalized spacial score (nSPS) is 19.4. The summed E-state index contributed by atoms with van der Waals surface area (Å²) in [5.41, 5.74) is 1.40. The van der Waals surface area contributed by atoms with Crippen LogP contribution in [0.5, 0.6) is 0 Å². The minimum atomic E-state index is -3.02. The van der Waals surface area contributed by atoms with E-state index < -0.39 is 9.84 Å². The fourth-order valence-corrected chi connectivity index (χ4v) is 4.81. The maximum absolute atomic E-state index is 12.5. The summed E-state index contributed by atoms with van der Waals surface area (Å²) in [7, 11) is -3.02. The Hall–Kier alpha value is -1.57. The smallest absolute Gasteiger partial charge is 0.259 e. The second-order valence-electron chi connectivity index (χ2n) is 5.70. The van der Waals surface area contributed by atoms with Gasteiger partial charge in [-0.25, -0.2) is 8.42 Å². The number of hydrogen-bond acceptors (Lipinski definition) is 4. The van der Waals surface area contributed by atoms with E-state index in [1.165, 1.54) is 6.20 Å². The minimum absolute atomic E-state index is 0.0523. The number of nitrogens with zero attached hydrogens (tertiary/aromatic N) is 2. The van der Waals surface area contributed by atoms with Crippen molar-refractivity contribution in [2.75, 3.05) is 16.8 Å². The van der Waals surface area contributed by atoms with Gasteiger partial charge in [-0.1, -0.05) is 29.3 Å². The van der Waals surface area contributed by atoms with E-state index in [0.717, 1.165) is 0 Å². The van der Waals surface area contributed by atoms with E-state index in [0.29, 0.717) is 28.4 Å². The zero-order valence-corrected chi connectivity index (χ0v) is 15.1. The summed E-state index contributed by atoms with van der Waals surface area (Å²) in [5, 5.41) is 7.51. The average molecular weight is 388 g/mol. The molecule has 9 heteroatoms. The Balaban J connectivity index is 1.83. The Bertz CT molecular complexity index is 909. The molecule has 1 aliphatic rings. The molecule has 1 atom stereocenters. The number of amides is 1. The molecule has 2 aromatic rings. The van der Waals surface area contributed by atoms with Gasteiger partial charge in [-0.3, -0.25) is 9.48 Å². The Morgan fingerprint density at radius 2 is 2.12 bits per heavy atom. The zero-order valence-electron chi connectivity index (χ0n) is 12.8. The van der Waals surface area contributed by atoms with Gasteiger partial charge in [-0.2, -0.15) is 5.10 Å². The molecular weight excluding hydrogens is 373 g/mol. The number of nitrogens with one attached hydrogen (secondary N) is 1. The van der Waals surface area contributed by atoms with Crippen LogP contribution < -0.4 is 5.32 Å². The molecule has 24 heavy (non-hydrogen) atoms. The lowest BCUT2D eigenvalue weighted by molar-refractivity contribution is 0.102. The Labute approximate surface area is 149 Å². The van der Waals surface area contributed by atoms with Crippen molar-refractivity contribution in [1.82, 2.24) is 9.78 Å². The summed E-state index contributed by atoms with van der Waals surface area (Å²) in [6, 6.07) is 4.73. The van der Waals surface area contributed by atoms with Crippen LogP contribution in [-0.4, -0.2) is 35.6 Å². The largest absolute Gasteiger partial charge is 0.320 e. The lowest BCUT2D eigenvalue weighted by atomic mass is 10.2. The van der Waals surface area contributed by atoms with Crippen LogP contribution in [0.3, 0.4) is 0 Å². The number of sulfone groups is 1. The van der Waals surface area contributed by atoms with Gasteiger partial charge < -0.3 is 5.32 Å². The van der Waals surface area contributed by atoms with E-state index in [1.807, 2.05) is 0 Å². The number of anilines is 1. The van der Waals surface area contributed by atoms with Gasteiger partial charge in [0.15, 0.2) is 9.84 Å². The number of rotatable bonds is 3. The number of hydrogen-bond donors (Lipinski definition) is 1. The highest BCUT2D eigenvalue weighted by Gasteiger charge is 2.31. The van der Waals surface area contributed by atoms with E-state index >= 15 is 0 Å². The Kier molecular flexibility index (Phi) is 4.59. The molecule has 1 aromatic carbocycles. The standard InChI is InChI=1S/C15H15Cl2N3O3S/c1-9-11(7-18-20(9)10-5-6-24(22,23)8-10)15(21)19-13-4-2-3-12(16)14(13)17/h2-4,7,10H,5-6,8H2,1H3,(H,19,21). The van der Waals surface area contributed by atoms with E-state index in [2.05, 4.69) is 10.4 Å². The topological polar surface area (TPSA) is 81.1 Å². The van der Waals surface area contributed by atoms with Crippen LogP contribution in [0.15, 0.2) is 24.4 Å². The third-order valence-electron chi connectivity index (χ3n) is 4.04. The van der Waals surface area contributed by atoms with Crippen molar-refractivity contribution in [3.05, 3.63) is 45.7 Å². The monoisotopic (exact) mass is 387 g/mol. The van der Waals surface area contributed by atoms with Crippen molar-refractivity contribution < 1.29 is 13.2 Å². The lowest BCUT2D eigenvalue weighted by Crippen LogP contribution is -2.16. The zero-order chi connectivity index (χ0) is 17.5. The highest BCUT2D eigenvalue weighted by atomic mass is 35.5. The fraction of sp³-hybridized carbons (Fsp3) is 0.333. The maximum Gasteiger partial charge on any atom is 0.259 e. The van der Waals surface area contributed by atoms with E-state index in [4.69, 9.17) is 23.2 Å². The highest BCUT2D eigenvalue weighted by molar-refractivity contribution is 7.91. The SMILES string of the molecule is Cc1c(C(=O)Nc2cccc(Cl)c2Cl)cnn1C1CCS(=O)(=O)C1. The molecule has 1 aliphatic heterocycles. The van der Waals surface area contributed by atoms with Gasteiger partial charge in [0.25, 0.3) is 5.91 Å². The first kappa shape index (κ1) is 17.3. The van der Waals surface area contributed by atoms with Crippen molar-refractivity contribution in [1.29, 1.82) is 0 Å². The predicted molar refractivity (Wildman–Crippen MR) is 93.7 cm³/mol. The van der Waals surface area contributed by atoms with Gasteiger partial charge in [0, 0.05) is 5.69 Å². The highest BCUT2D eigenvalue weighted by Crippen LogP contribution is 2.30. The molecule has 1 amide bonds. The van der Waals surface area contributed by atoms with Crippen molar-refractivity contribution in [3.8, 4) is 0 Å². The second-order valence-corrected chi connectivity index (χ2v) is 8.71. The summed E-state index contributed by atoms with van der Waals surface area (Å²) in [4.78, 5) is 12.5. The number of benzene rings is 1. The van der Waals surface area contributed by atoms with Crippen molar-refractivity contribution >= 4 is 44.6 Å². The van der Waals surface area contributed by atoms with Crippen LogP contribution in [-0.2, 0) is 9.84 Å². The van der Waals surface area contributed by atoms with Crippen molar-refractivity contribution in [3.63, 3.8) is 0 Å². The Morgan fingerprint density at radius 3 is 2.79 bits per heavy atom. The number of halogens is 2. The summed E-state index contributed by atoms with van der Waals surface area (Å²) >= 11 is 12.0. The summed E-state index contributed by atoms with van der Waals surface area (Å²) in [5.74, 6) is -0.170. The van der Waals surface area contributed by atoms with Crippen LogP contribution in [0.25, 0.3) is 0 Å². The molecular formula is C15H15Cl2N3O3S. The van der Waals surface area contributed by atoms with Crippen LogP contribution in [0.1, 0.15) is 28.5 Å². The Morgan fingerprint density at radius 1 is 1.38 bits per heavy atom. The summed E-state index contributed by atoms with van der Waals surface area (Å²) in [6.45, 7) is 1.74. The van der Waals surface area contributed by atoms with E-state index in [9.17, 15) is 13.2 Å². The molecule has 6 nitrogen and oxygen atoms in total. The van der Waals surface area contributed by atoms with Gasteiger partial charge in [-0.05, 0) is 25.5 Å². The van der Waals surface area contributed by atoms with Gasteiger partial charge in [-0.15, -0.1) is 0 Å². The molecule has 1 fully saturated rings. The summed E-state index contributed by atoms with van der Waals surface area (Å²) < 4.78 is 24.9. The molecule has 128 valence electrons. The van der Waals surface area contributed by atoms with Crippen LogP contribution in [0.4, 0.5) is 5.69 Å². The first-order chi connectivity index (χ1) is 11.3. The van der Waals surface area contributed by atoms with E-state index in [1.54, 1.807) is 29.8 Å². The average Bonchev–Trinajstić information content (AvgIpc) is 3.06. The minimum Gasteiger partial charge on any atom is -0.320 e. The van der Waals surface area contributed by atoms with Crippen LogP contribution >= 0.6 is 23.2 Å². The molecule has 0 spiro atoms. The van der Waals surface area contributed by atoms with Gasteiger partial charge in [0.1, 0.15) is 0 Å².